The number of carbonyl (C=O) groups is 1. The second kappa shape index (κ2) is 7.68. The Morgan fingerprint density at radius 3 is 2.60 bits per heavy atom. The Morgan fingerprint density at radius 1 is 1.30 bits per heavy atom. The molecule has 0 radical (unpaired) electrons. The van der Waals surface area contributed by atoms with E-state index in [9.17, 15) is 13.2 Å². The third kappa shape index (κ3) is 4.82. The van der Waals surface area contributed by atoms with Crippen LogP contribution in [0, 0.1) is 0 Å². The third-order valence-electron chi connectivity index (χ3n) is 2.87. The van der Waals surface area contributed by atoms with E-state index in [0.717, 1.165) is 30.6 Å². The van der Waals surface area contributed by atoms with Crippen molar-refractivity contribution in [3.63, 3.8) is 0 Å². The summed E-state index contributed by atoms with van der Waals surface area (Å²) in [6, 6.07) is 0.0241. The van der Waals surface area contributed by atoms with Gasteiger partial charge >= 0.3 is 0 Å². The van der Waals surface area contributed by atoms with Gasteiger partial charge in [0.25, 0.3) is 5.91 Å². The highest BCUT2D eigenvalue weighted by molar-refractivity contribution is 7.93. The molecule has 1 atom stereocenters. The van der Waals surface area contributed by atoms with Crippen molar-refractivity contribution in [1.29, 1.82) is 0 Å². The highest BCUT2D eigenvalue weighted by atomic mass is 32.2. The molecule has 0 aromatic carbocycles. The van der Waals surface area contributed by atoms with Crippen molar-refractivity contribution in [2.75, 3.05) is 5.75 Å². The van der Waals surface area contributed by atoms with Crippen molar-refractivity contribution < 1.29 is 13.2 Å². The molecule has 20 heavy (non-hydrogen) atoms. The summed E-state index contributed by atoms with van der Waals surface area (Å²) < 4.78 is 23.9. The molecule has 0 fully saturated rings. The first-order valence-corrected chi connectivity index (χ1v) is 9.24. The van der Waals surface area contributed by atoms with Crippen molar-refractivity contribution in [3.05, 3.63) is 5.01 Å². The van der Waals surface area contributed by atoms with Crippen LogP contribution in [0.1, 0.15) is 56.3 Å². The average Bonchev–Trinajstić information content (AvgIpc) is 2.89. The first kappa shape index (κ1) is 17.0. The number of nitrogens with zero attached hydrogens (tertiary/aromatic N) is 2. The number of unbranched alkanes of at least 4 members (excludes halogenated alkanes) is 2. The summed E-state index contributed by atoms with van der Waals surface area (Å²) in [7, 11) is -3.41. The first-order chi connectivity index (χ1) is 9.40. The van der Waals surface area contributed by atoms with E-state index in [2.05, 4.69) is 15.5 Å². The quantitative estimate of drug-likeness (QED) is 0.741. The molecule has 0 aliphatic heterocycles. The molecule has 0 saturated heterocycles. The van der Waals surface area contributed by atoms with Gasteiger partial charge in [0.1, 0.15) is 0 Å². The first-order valence-electron chi connectivity index (χ1n) is 6.77. The molecule has 1 aromatic heterocycles. The van der Waals surface area contributed by atoms with E-state index >= 15 is 0 Å². The molecule has 0 aliphatic carbocycles. The van der Waals surface area contributed by atoms with E-state index in [0.29, 0.717) is 6.42 Å². The van der Waals surface area contributed by atoms with E-state index in [1.807, 2.05) is 20.8 Å². The van der Waals surface area contributed by atoms with Crippen molar-refractivity contribution >= 4 is 27.1 Å². The summed E-state index contributed by atoms with van der Waals surface area (Å²) in [5.74, 6) is -0.311. The lowest BCUT2D eigenvalue weighted by Crippen LogP contribution is -2.31. The van der Waals surface area contributed by atoms with Gasteiger partial charge in [0.05, 0.1) is 5.75 Å². The van der Waals surface area contributed by atoms with Crippen LogP contribution in [-0.4, -0.2) is 36.3 Å². The van der Waals surface area contributed by atoms with Gasteiger partial charge in [-0.2, -0.15) is 0 Å². The second-order valence-electron chi connectivity index (χ2n) is 4.68. The van der Waals surface area contributed by atoms with Gasteiger partial charge in [-0.1, -0.05) is 38.0 Å². The van der Waals surface area contributed by atoms with Gasteiger partial charge in [-0.15, -0.1) is 10.2 Å². The maximum Gasteiger partial charge on any atom is 0.282 e. The molecule has 1 unspecified atom stereocenters. The van der Waals surface area contributed by atoms with E-state index < -0.39 is 9.84 Å². The molecule has 0 aliphatic rings. The van der Waals surface area contributed by atoms with E-state index in [-0.39, 0.29) is 27.0 Å². The number of sulfone groups is 1. The van der Waals surface area contributed by atoms with Crippen LogP contribution in [0.25, 0.3) is 0 Å². The monoisotopic (exact) mass is 319 g/mol. The molecule has 114 valence electrons. The Labute approximate surface area is 123 Å². The molecule has 8 heteroatoms. The van der Waals surface area contributed by atoms with Gasteiger partial charge in [-0.05, 0) is 19.8 Å². The minimum absolute atomic E-state index is 0.0241. The van der Waals surface area contributed by atoms with Crippen molar-refractivity contribution in [2.24, 2.45) is 0 Å². The maximum atomic E-state index is 12.0. The fourth-order valence-electron chi connectivity index (χ4n) is 1.44. The van der Waals surface area contributed by atoms with Crippen molar-refractivity contribution in [2.45, 2.75) is 56.8 Å². The van der Waals surface area contributed by atoms with Gasteiger partial charge < -0.3 is 5.32 Å². The van der Waals surface area contributed by atoms with E-state index in [4.69, 9.17) is 0 Å². The zero-order chi connectivity index (χ0) is 15.2. The highest BCUT2D eigenvalue weighted by Gasteiger charge is 2.22. The van der Waals surface area contributed by atoms with E-state index in [1.165, 1.54) is 0 Å². The summed E-state index contributed by atoms with van der Waals surface area (Å²) in [6.45, 7) is 5.84. The summed E-state index contributed by atoms with van der Waals surface area (Å²) in [5.41, 5.74) is 0. The zero-order valence-electron chi connectivity index (χ0n) is 12.0. The highest BCUT2D eigenvalue weighted by Crippen LogP contribution is 2.18. The number of rotatable bonds is 8. The van der Waals surface area contributed by atoms with Gasteiger partial charge in [-0.25, -0.2) is 8.42 Å². The number of amides is 1. The fraction of sp³-hybridized carbons (Fsp3) is 0.750. The molecule has 1 amide bonds. The third-order valence-corrected chi connectivity index (χ3v) is 6.04. The van der Waals surface area contributed by atoms with Crippen LogP contribution in [0.5, 0.6) is 0 Å². The Bertz CT molecular complexity index is 540. The molecular weight excluding hydrogens is 298 g/mol. The second-order valence-corrected chi connectivity index (χ2v) is 7.94. The lowest BCUT2D eigenvalue weighted by Gasteiger charge is -2.08. The molecule has 1 rings (SSSR count). The number of hydrogen-bond donors (Lipinski definition) is 1. The van der Waals surface area contributed by atoms with Gasteiger partial charge in [-0.3, -0.25) is 4.79 Å². The fourth-order valence-corrected chi connectivity index (χ4v) is 3.84. The smallest absolute Gasteiger partial charge is 0.282 e. The SMILES string of the molecule is CCCCCS(=O)(=O)c1nnc(C(=O)NC(C)CC)s1. The van der Waals surface area contributed by atoms with Crippen LogP contribution in [0.15, 0.2) is 4.34 Å². The van der Waals surface area contributed by atoms with Crippen LogP contribution in [0.3, 0.4) is 0 Å². The number of nitrogens with one attached hydrogen (secondary N) is 1. The largest absolute Gasteiger partial charge is 0.347 e. The standard InChI is InChI=1S/C12H21N3O3S2/c1-4-6-7-8-20(17,18)12-15-14-11(19-12)10(16)13-9(3)5-2/h9H,4-8H2,1-3H3,(H,13,16). The molecule has 0 saturated carbocycles. The zero-order valence-corrected chi connectivity index (χ0v) is 13.7. The molecule has 1 aromatic rings. The Hall–Kier alpha value is -1.02. The Kier molecular flexibility index (Phi) is 6.54. The number of carbonyl (C=O) groups excluding carboxylic acids is 1. The van der Waals surface area contributed by atoms with Crippen LogP contribution in [-0.2, 0) is 9.84 Å². The summed E-state index contributed by atoms with van der Waals surface area (Å²) >= 11 is 0.836. The Balaban J connectivity index is 2.73. The minimum atomic E-state index is -3.41. The van der Waals surface area contributed by atoms with Gasteiger partial charge in [0.15, 0.2) is 0 Å². The summed E-state index contributed by atoms with van der Waals surface area (Å²) in [4.78, 5) is 11.8. The van der Waals surface area contributed by atoms with Crippen LogP contribution in [0.4, 0.5) is 0 Å². The Morgan fingerprint density at radius 2 is 2.00 bits per heavy atom. The van der Waals surface area contributed by atoms with Gasteiger partial charge in [0.2, 0.25) is 19.2 Å². The van der Waals surface area contributed by atoms with E-state index in [1.54, 1.807) is 0 Å². The van der Waals surface area contributed by atoms with Crippen LogP contribution in [0.2, 0.25) is 0 Å². The van der Waals surface area contributed by atoms with Crippen LogP contribution < -0.4 is 5.32 Å². The predicted molar refractivity (Wildman–Crippen MR) is 78.7 cm³/mol. The molecule has 0 bridgehead atoms. The molecular formula is C12H21N3O3S2. The average molecular weight is 319 g/mol. The van der Waals surface area contributed by atoms with Crippen molar-refractivity contribution in [1.82, 2.24) is 15.5 Å². The minimum Gasteiger partial charge on any atom is -0.347 e. The number of hydrogen-bond acceptors (Lipinski definition) is 6. The molecule has 1 N–H and O–H groups in total. The van der Waals surface area contributed by atoms with Crippen LogP contribution >= 0.6 is 11.3 Å². The number of aromatic nitrogens is 2. The van der Waals surface area contributed by atoms with Gasteiger partial charge in [0, 0.05) is 6.04 Å². The maximum absolute atomic E-state index is 12.0. The molecule has 1 heterocycles. The molecule has 6 nitrogen and oxygen atoms in total. The topological polar surface area (TPSA) is 89.0 Å². The van der Waals surface area contributed by atoms with Crippen molar-refractivity contribution in [3.8, 4) is 0 Å². The lowest BCUT2D eigenvalue weighted by molar-refractivity contribution is 0.0938. The summed E-state index contributed by atoms with van der Waals surface area (Å²) in [5, 5.41) is 10.1. The lowest BCUT2D eigenvalue weighted by atomic mass is 10.2. The normalized spacial score (nSPS) is 13.2. The summed E-state index contributed by atoms with van der Waals surface area (Å²) in [6.07, 6.45) is 3.22. The molecule has 0 spiro atoms. The predicted octanol–water partition coefficient (Wildman–Crippen LogP) is 2.03.